The zero-order valence-electron chi connectivity index (χ0n) is 15.6. The van der Waals surface area contributed by atoms with Gasteiger partial charge in [-0.3, -0.25) is 0 Å². The molecular formula is C21H27BrO5. The fourth-order valence-electron chi connectivity index (χ4n) is 2.58. The number of rotatable bonds is 10. The molecule has 0 saturated heterocycles. The molecule has 27 heavy (non-hydrogen) atoms. The van der Waals surface area contributed by atoms with E-state index in [1.54, 1.807) is 0 Å². The molecule has 0 amide bonds. The summed E-state index contributed by atoms with van der Waals surface area (Å²) in [6, 6.07) is 15.6. The van der Waals surface area contributed by atoms with Crippen LogP contribution in [0, 0.1) is 0 Å². The van der Waals surface area contributed by atoms with Gasteiger partial charge in [0, 0.05) is 10.7 Å². The summed E-state index contributed by atoms with van der Waals surface area (Å²) >= 11 is 3.21. The number of ether oxygens (including phenoxy) is 2. The first-order valence-electron chi connectivity index (χ1n) is 8.86. The highest BCUT2D eigenvalue weighted by molar-refractivity contribution is 9.09. The molecule has 0 radical (unpaired) electrons. The van der Waals surface area contributed by atoms with Crippen LogP contribution in [0.1, 0.15) is 25.0 Å². The Kier molecular flexibility index (Phi) is 8.10. The summed E-state index contributed by atoms with van der Waals surface area (Å²) in [5.41, 5.74) is 2.05. The van der Waals surface area contributed by atoms with Gasteiger partial charge in [-0.05, 0) is 35.4 Å². The molecule has 0 aliphatic carbocycles. The fraction of sp³-hybridized carbons (Fsp3) is 0.429. The van der Waals surface area contributed by atoms with Crippen LogP contribution in [-0.2, 0) is 5.41 Å². The Labute approximate surface area is 168 Å². The minimum Gasteiger partial charge on any atom is -0.491 e. The van der Waals surface area contributed by atoms with E-state index in [9.17, 15) is 10.2 Å². The van der Waals surface area contributed by atoms with Crippen molar-refractivity contribution >= 4 is 15.9 Å². The number of hydrogen-bond donors (Lipinski definition) is 3. The molecule has 0 fully saturated rings. The maximum Gasteiger partial charge on any atom is 0.119 e. The third-order valence-electron chi connectivity index (χ3n) is 4.43. The Balaban J connectivity index is 2.04. The average molecular weight is 439 g/mol. The van der Waals surface area contributed by atoms with Gasteiger partial charge < -0.3 is 24.8 Å². The molecular weight excluding hydrogens is 412 g/mol. The summed E-state index contributed by atoms with van der Waals surface area (Å²) in [6.45, 7) is 4.27. The lowest BCUT2D eigenvalue weighted by Gasteiger charge is -2.26. The number of hydrogen-bond acceptors (Lipinski definition) is 5. The largest absolute Gasteiger partial charge is 0.491 e. The normalized spacial score (nSPS) is 13.9. The van der Waals surface area contributed by atoms with Gasteiger partial charge >= 0.3 is 0 Å². The van der Waals surface area contributed by atoms with E-state index in [0.717, 1.165) is 16.9 Å². The number of halogens is 1. The van der Waals surface area contributed by atoms with E-state index in [4.69, 9.17) is 14.6 Å². The van der Waals surface area contributed by atoms with Crippen LogP contribution in [0.3, 0.4) is 0 Å². The van der Waals surface area contributed by atoms with Gasteiger partial charge in [-0.1, -0.05) is 54.0 Å². The number of aliphatic hydroxyl groups is 3. The predicted octanol–water partition coefficient (Wildman–Crippen LogP) is 2.88. The molecule has 0 aromatic heterocycles. The van der Waals surface area contributed by atoms with E-state index in [-0.39, 0.29) is 25.2 Å². The third-order valence-corrected chi connectivity index (χ3v) is 5.17. The van der Waals surface area contributed by atoms with Crippen molar-refractivity contribution in [2.24, 2.45) is 0 Å². The van der Waals surface area contributed by atoms with Gasteiger partial charge in [0.1, 0.15) is 30.8 Å². The van der Waals surface area contributed by atoms with E-state index in [0.29, 0.717) is 11.1 Å². The molecule has 3 N–H and O–H groups in total. The minimum atomic E-state index is -0.877. The summed E-state index contributed by atoms with van der Waals surface area (Å²) in [5, 5.41) is 28.2. The highest BCUT2D eigenvalue weighted by Gasteiger charge is 2.23. The monoisotopic (exact) mass is 438 g/mol. The van der Waals surface area contributed by atoms with Crippen LogP contribution < -0.4 is 9.47 Å². The summed E-state index contributed by atoms with van der Waals surface area (Å²) in [7, 11) is 0. The van der Waals surface area contributed by atoms with Gasteiger partial charge in [-0.15, -0.1) is 0 Å². The Hall–Kier alpha value is -1.60. The molecule has 2 aromatic rings. The fourth-order valence-corrected chi connectivity index (χ4v) is 2.77. The van der Waals surface area contributed by atoms with E-state index >= 15 is 0 Å². The topological polar surface area (TPSA) is 79.2 Å². The van der Waals surface area contributed by atoms with Gasteiger partial charge in [0.15, 0.2) is 0 Å². The Morgan fingerprint density at radius 1 is 0.815 bits per heavy atom. The average Bonchev–Trinajstić information content (AvgIpc) is 2.70. The highest BCUT2D eigenvalue weighted by atomic mass is 79.9. The molecule has 6 heteroatoms. The molecule has 0 spiro atoms. The summed E-state index contributed by atoms with van der Waals surface area (Å²) < 4.78 is 11.0. The molecule has 0 aliphatic heterocycles. The lowest BCUT2D eigenvalue weighted by atomic mass is 9.78. The SMILES string of the molecule is CC(C)(c1ccc(OC[C@@H](O)CO)cc1)c1ccc(OC[C@@H](O)CBr)cc1. The van der Waals surface area contributed by atoms with Crippen LogP contribution in [-0.4, -0.2) is 52.7 Å². The second-order valence-electron chi connectivity index (χ2n) is 6.94. The van der Waals surface area contributed by atoms with Crippen LogP contribution in [0.25, 0.3) is 0 Å². The maximum absolute atomic E-state index is 9.55. The first kappa shape index (κ1) is 21.7. The molecule has 0 aliphatic rings. The third kappa shape index (κ3) is 6.21. The number of aliphatic hydroxyl groups excluding tert-OH is 3. The summed E-state index contributed by atoms with van der Waals surface area (Å²) in [4.78, 5) is 0. The standard InChI is InChI=1S/C21H27BrO5/c1-21(2,15-3-7-19(8-4-15)26-13-17(24)11-22)16-5-9-20(10-6-16)27-14-18(25)12-23/h3-10,17-18,23-25H,11-14H2,1-2H3/t17-,18-/m0/s1. The van der Waals surface area contributed by atoms with Gasteiger partial charge in [-0.25, -0.2) is 0 Å². The van der Waals surface area contributed by atoms with Gasteiger partial charge in [0.25, 0.3) is 0 Å². The molecule has 0 bridgehead atoms. The first-order valence-corrected chi connectivity index (χ1v) is 9.98. The second kappa shape index (κ2) is 10.1. The lowest BCUT2D eigenvalue weighted by Crippen LogP contribution is -2.21. The van der Waals surface area contributed by atoms with Gasteiger partial charge in [0.05, 0.1) is 12.7 Å². The molecule has 2 aromatic carbocycles. The van der Waals surface area contributed by atoms with E-state index in [1.165, 1.54) is 0 Å². The van der Waals surface area contributed by atoms with Crippen LogP contribution >= 0.6 is 15.9 Å². The Morgan fingerprint density at radius 2 is 1.22 bits per heavy atom. The van der Waals surface area contributed by atoms with Crippen LogP contribution in [0.4, 0.5) is 0 Å². The van der Waals surface area contributed by atoms with Crippen molar-refractivity contribution in [3.8, 4) is 11.5 Å². The summed E-state index contributed by atoms with van der Waals surface area (Å²) in [5.74, 6) is 1.37. The molecule has 0 heterocycles. The van der Waals surface area contributed by atoms with Crippen molar-refractivity contribution < 1.29 is 24.8 Å². The van der Waals surface area contributed by atoms with Crippen LogP contribution in [0.5, 0.6) is 11.5 Å². The van der Waals surface area contributed by atoms with Gasteiger partial charge in [0.2, 0.25) is 0 Å². The quantitative estimate of drug-likeness (QED) is 0.497. The molecule has 0 unspecified atom stereocenters. The maximum atomic E-state index is 9.55. The van der Waals surface area contributed by atoms with Gasteiger partial charge in [-0.2, -0.15) is 0 Å². The molecule has 0 saturated carbocycles. The smallest absolute Gasteiger partial charge is 0.119 e. The van der Waals surface area contributed by atoms with Crippen molar-refractivity contribution in [3.63, 3.8) is 0 Å². The second-order valence-corrected chi connectivity index (χ2v) is 7.59. The lowest BCUT2D eigenvalue weighted by molar-refractivity contribution is 0.0536. The van der Waals surface area contributed by atoms with Crippen molar-refractivity contribution in [1.82, 2.24) is 0 Å². The molecule has 148 valence electrons. The van der Waals surface area contributed by atoms with Crippen molar-refractivity contribution in [1.29, 1.82) is 0 Å². The zero-order valence-corrected chi connectivity index (χ0v) is 17.2. The molecule has 2 atom stereocenters. The van der Waals surface area contributed by atoms with E-state index < -0.39 is 12.2 Å². The number of benzene rings is 2. The molecule has 2 rings (SSSR count). The Morgan fingerprint density at radius 3 is 1.59 bits per heavy atom. The van der Waals surface area contributed by atoms with E-state index in [1.807, 2.05) is 48.5 Å². The van der Waals surface area contributed by atoms with Crippen LogP contribution in [0.15, 0.2) is 48.5 Å². The zero-order chi connectivity index (χ0) is 19.9. The van der Waals surface area contributed by atoms with E-state index in [2.05, 4.69) is 29.8 Å². The minimum absolute atomic E-state index is 0.0600. The summed E-state index contributed by atoms with van der Waals surface area (Å²) in [6.07, 6.45) is -1.40. The van der Waals surface area contributed by atoms with Crippen molar-refractivity contribution in [2.75, 3.05) is 25.2 Å². The number of alkyl halides is 1. The first-order chi connectivity index (χ1) is 12.9. The van der Waals surface area contributed by atoms with Crippen LogP contribution in [0.2, 0.25) is 0 Å². The molecule has 5 nitrogen and oxygen atoms in total. The van der Waals surface area contributed by atoms with Crippen molar-refractivity contribution in [2.45, 2.75) is 31.5 Å². The Bertz CT molecular complexity index is 625. The van der Waals surface area contributed by atoms with Crippen molar-refractivity contribution in [3.05, 3.63) is 59.7 Å². The highest BCUT2D eigenvalue weighted by Crippen LogP contribution is 2.33. The predicted molar refractivity (Wildman–Crippen MR) is 109 cm³/mol.